The summed E-state index contributed by atoms with van der Waals surface area (Å²) in [5, 5.41) is 10.2. The van der Waals surface area contributed by atoms with Gasteiger partial charge in [0.25, 0.3) is 5.56 Å². The first-order valence-corrected chi connectivity index (χ1v) is 13.6. The van der Waals surface area contributed by atoms with Gasteiger partial charge in [0.1, 0.15) is 12.7 Å². The molecule has 12 heteroatoms. The van der Waals surface area contributed by atoms with Crippen LogP contribution in [0.25, 0.3) is 0 Å². The lowest BCUT2D eigenvalue weighted by Gasteiger charge is -2.26. The number of H-pyrrole nitrogens is 1. The predicted molar refractivity (Wildman–Crippen MR) is 154 cm³/mol. The minimum absolute atomic E-state index is 0.0145. The third-order valence-corrected chi connectivity index (χ3v) is 7.09. The second kappa shape index (κ2) is 13.3. The first-order chi connectivity index (χ1) is 21.3. The van der Waals surface area contributed by atoms with Crippen LogP contribution in [-0.4, -0.2) is 57.5 Å². The Labute approximate surface area is 250 Å². The molecule has 226 valence electrons. The number of hydrogen-bond donors (Lipinski definition) is 2. The number of aromatic nitrogens is 2. The van der Waals surface area contributed by atoms with Gasteiger partial charge < -0.3 is 24.1 Å². The van der Waals surface area contributed by atoms with Gasteiger partial charge in [0.15, 0.2) is 18.4 Å². The first kappa shape index (κ1) is 30.1. The summed E-state index contributed by atoms with van der Waals surface area (Å²) in [6.45, 7) is 0.181. The van der Waals surface area contributed by atoms with Gasteiger partial charge in [-0.05, 0) is 43.3 Å². The zero-order valence-corrected chi connectivity index (χ0v) is 23.5. The molecule has 0 bridgehead atoms. The molecule has 3 aromatic carbocycles. The Kier molecular flexibility index (Phi) is 9.12. The lowest BCUT2D eigenvalue weighted by molar-refractivity contribution is -0.0661. The first-order valence-electron chi connectivity index (χ1n) is 13.6. The van der Waals surface area contributed by atoms with E-state index in [2.05, 4.69) is 4.98 Å². The summed E-state index contributed by atoms with van der Waals surface area (Å²) in [5.41, 5.74) is -1.21. The average Bonchev–Trinajstić information content (AvgIpc) is 3.37. The third-order valence-electron chi connectivity index (χ3n) is 7.09. The number of carbonyl (C=O) groups excluding carboxylic acids is 3. The molecule has 1 fully saturated rings. The number of aliphatic hydroxyl groups is 1. The zero-order chi connectivity index (χ0) is 31.2. The molecule has 1 aliphatic rings. The van der Waals surface area contributed by atoms with Gasteiger partial charge >= 0.3 is 23.6 Å². The fourth-order valence-corrected chi connectivity index (χ4v) is 4.81. The SMILES string of the molecule is Cc1c(CO)n([C@@H]2O[C@H](COC(=O)c3ccccc3)[C@@H](OC(=O)c3ccccc3)[C@H]2OC(=O)c2ccccc2)c(=O)[nH]c1=O. The van der Waals surface area contributed by atoms with Crippen LogP contribution in [0.5, 0.6) is 0 Å². The molecule has 0 radical (unpaired) electrons. The quantitative estimate of drug-likeness (QED) is 0.216. The summed E-state index contributed by atoms with van der Waals surface area (Å²) >= 11 is 0. The van der Waals surface area contributed by atoms with Gasteiger partial charge in [0, 0.05) is 5.56 Å². The molecule has 1 aliphatic heterocycles. The number of nitrogens with one attached hydrogen (secondary N) is 1. The third kappa shape index (κ3) is 6.36. The fourth-order valence-electron chi connectivity index (χ4n) is 4.81. The lowest BCUT2D eigenvalue weighted by Crippen LogP contribution is -2.44. The molecular weight excluding hydrogens is 572 g/mol. The van der Waals surface area contributed by atoms with E-state index in [0.717, 1.165) is 4.57 Å². The van der Waals surface area contributed by atoms with E-state index in [9.17, 15) is 29.1 Å². The number of benzene rings is 3. The normalized spacial score (nSPS) is 19.2. The molecule has 0 spiro atoms. The van der Waals surface area contributed by atoms with E-state index in [0.29, 0.717) is 0 Å². The number of esters is 3. The highest BCUT2D eigenvalue weighted by atomic mass is 16.7. The van der Waals surface area contributed by atoms with Gasteiger partial charge in [-0.1, -0.05) is 54.6 Å². The van der Waals surface area contributed by atoms with Crippen LogP contribution >= 0.6 is 0 Å². The van der Waals surface area contributed by atoms with Crippen LogP contribution in [0.1, 0.15) is 48.6 Å². The Morgan fingerprint density at radius 2 is 1.25 bits per heavy atom. The number of hydrogen-bond acceptors (Lipinski definition) is 10. The van der Waals surface area contributed by atoms with Crippen molar-refractivity contribution < 1.29 is 38.4 Å². The van der Waals surface area contributed by atoms with Gasteiger partial charge in [-0.25, -0.2) is 19.2 Å². The van der Waals surface area contributed by atoms with E-state index in [1.807, 2.05) is 0 Å². The van der Waals surface area contributed by atoms with E-state index in [4.69, 9.17) is 18.9 Å². The molecule has 44 heavy (non-hydrogen) atoms. The maximum Gasteiger partial charge on any atom is 0.338 e. The zero-order valence-electron chi connectivity index (χ0n) is 23.5. The van der Waals surface area contributed by atoms with Crippen LogP contribution in [0.4, 0.5) is 0 Å². The highest BCUT2D eigenvalue weighted by molar-refractivity contribution is 5.91. The minimum Gasteiger partial charge on any atom is -0.459 e. The number of rotatable bonds is 9. The van der Waals surface area contributed by atoms with Crippen molar-refractivity contribution >= 4 is 17.9 Å². The van der Waals surface area contributed by atoms with E-state index < -0.39 is 66.9 Å². The Hall–Kier alpha value is -5.33. The van der Waals surface area contributed by atoms with Crippen LogP contribution in [-0.2, 0) is 25.6 Å². The van der Waals surface area contributed by atoms with Gasteiger partial charge in [0.2, 0.25) is 0 Å². The summed E-state index contributed by atoms with van der Waals surface area (Å²) in [6, 6.07) is 24.1. The molecule has 0 amide bonds. The maximum absolute atomic E-state index is 13.3. The van der Waals surface area contributed by atoms with E-state index in [1.54, 1.807) is 66.7 Å². The molecule has 4 aromatic rings. The lowest BCUT2D eigenvalue weighted by atomic mass is 10.1. The predicted octanol–water partition coefficient (Wildman–Crippen LogP) is 2.54. The van der Waals surface area contributed by atoms with Crippen LogP contribution in [0.15, 0.2) is 101 Å². The Balaban J connectivity index is 1.57. The van der Waals surface area contributed by atoms with Crippen molar-refractivity contribution in [2.75, 3.05) is 6.61 Å². The summed E-state index contributed by atoms with van der Waals surface area (Å²) in [4.78, 5) is 67.0. The molecule has 12 nitrogen and oxygen atoms in total. The van der Waals surface area contributed by atoms with Crippen LogP contribution in [0.3, 0.4) is 0 Å². The standard InChI is InChI=1S/C32H28N2O10/c1-19-23(17-35)34(32(40)33-27(19)36)28-26(44-31(39)22-15-9-4-10-16-22)25(43-30(38)21-13-7-3-8-14-21)24(42-28)18-41-29(37)20-11-5-2-6-12-20/h2-16,24-26,28,35H,17-18H2,1H3,(H,33,36,40)/t24-,25-,26-,28-/m1/s1. The Morgan fingerprint density at radius 1 is 0.773 bits per heavy atom. The van der Waals surface area contributed by atoms with Gasteiger partial charge in [0.05, 0.1) is 29.0 Å². The molecule has 0 unspecified atom stereocenters. The monoisotopic (exact) mass is 600 g/mol. The molecule has 0 saturated carbocycles. The van der Waals surface area contributed by atoms with Crippen LogP contribution < -0.4 is 11.2 Å². The molecular formula is C32H28N2O10. The fraction of sp³-hybridized carbons (Fsp3) is 0.219. The molecule has 2 N–H and O–H groups in total. The molecule has 4 atom stereocenters. The number of nitrogens with zero attached hydrogens (tertiary/aromatic N) is 1. The molecule has 1 aromatic heterocycles. The highest BCUT2D eigenvalue weighted by Crippen LogP contribution is 2.35. The molecule has 2 heterocycles. The van der Waals surface area contributed by atoms with Gasteiger partial charge in [-0.3, -0.25) is 14.3 Å². The van der Waals surface area contributed by atoms with Gasteiger partial charge in [-0.2, -0.15) is 0 Å². The van der Waals surface area contributed by atoms with Crippen molar-refractivity contribution in [3.8, 4) is 0 Å². The van der Waals surface area contributed by atoms with E-state index >= 15 is 0 Å². The van der Waals surface area contributed by atoms with Crippen molar-refractivity contribution in [3.05, 3.63) is 140 Å². The summed E-state index contributed by atoms with van der Waals surface area (Å²) in [6.07, 6.45) is -5.67. The summed E-state index contributed by atoms with van der Waals surface area (Å²) in [5.74, 6) is -2.32. The second-order valence-corrected chi connectivity index (χ2v) is 9.86. The largest absolute Gasteiger partial charge is 0.459 e. The average molecular weight is 601 g/mol. The Bertz CT molecular complexity index is 1750. The minimum atomic E-state index is -1.51. The maximum atomic E-state index is 13.3. The van der Waals surface area contributed by atoms with Crippen LogP contribution in [0.2, 0.25) is 0 Å². The number of ether oxygens (including phenoxy) is 4. The highest BCUT2D eigenvalue weighted by Gasteiger charge is 2.52. The molecule has 0 aliphatic carbocycles. The Morgan fingerprint density at radius 3 is 1.75 bits per heavy atom. The van der Waals surface area contributed by atoms with Crippen molar-refractivity contribution in [1.82, 2.24) is 9.55 Å². The number of aromatic amines is 1. The molecule has 1 saturated heterocycles. The van der Waals surface area contributed by atoms with Crippen molar-refractivity contribution in [2.45, 2.75) is 38.1 Å². The topological polar surface area (TPSA) is 163 Å². The number of aliphatic hydroxyl groups excluding tert-OH is 1. The van der Waals surface area contributed by atoms with Crippen molar-refractivity contribution in [3.63, 3.8) is 0 Å². The van der Waals surface area contributed by atoms with E-state index in [1.165, 1.54) is 31.2 Å². The smallest absolute Gasteiger partial charge is 0.338 e. The van der Waals surface area contributed by atoms with E-state index in [-0.39, 0.29) is 27.9 Å². The van der Waals surface area contributed by atoms with Crippen LogP contribution in [0, 0.1) is 6.92 Å². The molecule has 5 rings (SSSR count). The van der Waals surface area contributed by atoms with Crippen molar-refractivity contribution in [1.29, 1.82) is 0 Å². The van der Waals surface area contributed by atoms with Crippen molar-refractivity contribution in [2.24, 2.45) is 0 Å². The summed E-state index contributed by atoms with van der Waals surface area (Å²) in [7, 11) is 0. The van der Waals surface area contributed by atoms with Gasteiger partial charge in [-0.15, -0.1) is 0 Å². The summed E-state index contributed by atoms with van der Waals surface area (Å²) < 4.78 is 24.3. The second-order valence-electron chi connectivity index (χ2n) is 9.86. The number of carbonyl (C=O) groups is 3.